The quantitative estimate of drug-likeness (QED) is 0.696. The van der Waals surface area contributed by atoms with Crippen molar-refractivity contribution in [3.63, 3.8) is 0 Å². The SMILES string of the molecule is NC(=S)NN1C=CN(c2nc3ccccc3[nH]2)C1. The monoisotopic (exact) mass is 260 g/mol. The largest absolute Gasteiger partial charge is 0.375 e. The third-order valence-corrected chi connectivity index (χ3v) is 2.73. The maximum absolute atomic E-state index is 5.42. The van der Waals surface area contributed by atoms with Gasteiger partial charge in [0.05, 0.1) is 11.0 Å². The number of nitrogens with zero attached hydrogens (tertiary/aromatic N) is 3. The van der Waals surface area contributed by atoms with Gasteiger partial charge in [-0.05, 0) is 24.4 Å². The van der Waals surface area contributed by atoms with E-state index in [0.29, 0.717) is 6.67 Å². The van der Waals surface area contributed by atoms with Crippen LogP contribution in [0.1, 0.15) is 0 Å². The Morgan fingerprint density at radius 1 is 1.39 bits per heavy atom. The van der Waals surface area contributed by atoms with Gasteiger partial charge >= 0.3 is 0 Å². The van der Waals surface area contributed by atoms with E-state index in [-0.39, 0.29) is 5.11 Å². The normalized spacial score (nSPS) is 14.4. The van der Waals surface area contributed by atoms with E-state index in [1.807, 2.05) is 41.6 Å². The first-order valence-electron chi connectivity index (χ1n) is 5.45. The highest BCUT2D eigenvalue weighted by Gasteiger charge is 2.16. The molecular weight excluding hydrogens is 248 g/mol. The Bertz CT molecular complexity index is 586. The molecule has 7 heteroatoms. The molecule has 3 rings (SSSR count). The van der Waals surface area contributed by atoms with Gasteiger partial charge < -0.3 is 10.7 Å². The molecule has 0 spiro atoms. The Labute approximate surface area is 109 Å². The number of H-pyrrole nitrogens is 1. The maximum Gasteiger partial charge on any atom is 0.209 e. The summed E-state index contributed by atoms with van der Waals surface area (Å²) in [5.41, 5.74) is 10.2. The van der Waals surface area contributed by atoms with Crippen LogP contribution in [0.3, 0.4) is 0 Å². The van der Waals surface area contributed by atoms with Crippen LogP contribution in [0, 0.1) is 0 Å². The van der Waals surface area contributed by atoms with Gasteiger partial charge in [-0.3, -0.25) is 15.3 Å². The number of nitrogens with two attached hydrogens (primary N) is 1. The number of hydrazine groups is 1. The number of anilines is 1. The highest BCUT2D eigenvalue weighted by molar-refractivity contribution is 7.80. The van der Waals surface area contributed by atoms with E-state index in [1.165, 1.54) is 0 Å². The first kappa shape index (κ1) is 10.8. The van der Waals surface area contributed by atoms with Gasteiger partial charge in [0.15, 0.2) is 5.11 Å². The molecule has 0 fully saturated rings. The van der Waals surface area contributed by atoms with Crippen molar-refractivity contribution in [3.8, 4) is 0 Å². The van der Waals surface area contributed by atoms with E-state index in [0.717, 1.165) is 17.0 Å². The van der Waals surface area contributed by atoms with Crippen molar-refractivity contribution < 1.29 is 0 Å². The van der Waals surface area contributed by atoms with Gasteiger partial charge in [-0.1, -0.05) is 12.1 Å². The van der Waals surface area contributed by atoms with Gasteiger partial charge in [-0.25, -0.2) is 4.98 Å². The third kappa shape index (κ3) is 1.95. The average Bonchev–Trinajstić information content (AvgIpc) is 2.93. The second-order valence-electron chi connectivity index (χ2n) is 3.93. The lowest BCUT2D eigenvalue weighted by molar-refractivity contribution is 0.362. The zero-order valence-corrected chi connectivity index (χ0v) is 10.3. The van der Waals surface area contributed by atoms with Gasteiger partial charge in [0, 0.05) is 12.4 Å². The van der Waals surface area contributed by atoms with Crippen molar-refractivity contribution in [2.24, 2.45) is 5.73 Å². The lowest BCUT2D eigenvalue weighted by atomic mass is 10.3. The van der Waals surface area contributed by atoms with Crippen molar-refractivity contribution in [1.82, 2.24) is 20.4 Å². The van der Waals surface area contributed by atoms with Crippen LogP contribution < -0.4 is 16.1 Å². The van der Waals surface area contributed by atoms with Crippen molar-refractivity contribution in [1.29, 1.82) is 0 Å². The van der Waals surface area contributed by atoms with Crippen molar-refractivity contribution in [2.45, 2.75) is 0 Å². The summed E-state index contributed by atoms with van der Waals surface area (Å²) in [6.07, 6.45) is 3.76. The van der Waals surface area contributed by atoms with Gasteiger partial charge in [-0.2, -0.15) is 0 Å². The standard InChI is InChI=1S/C11H12N6S/c12-10(18)15-17-6-5-16(7-17)11-13-8-3-1-2-4-9(8)14-11/h1-6H,7H2,(H,13,14)(H3,12,15,18). The predicted octanol–water partition coefficient (Wildman–Crippen LogP) is 0.862. The zero-order chi connectivity index (χ0) is 12.5. The van der Waals surface area contributed by atoms with Crippen LogP contribution >= 0.6 is 12.2 Å². The molecule has 0 saturated carbocycles. The molecule has 4 N–H and O–H groups in total. The topological polar surface area (TPSA) is 73.2 Å². The molecule has 0 atom stereocenters. The molecule has 0 unspecified atom stereocenters. The van der Waals surface area contributed by atoms with E-state index in [9.17, 15) is 0 Å². The molecule has 1 aromatic carbocycles. The Kier molecular flexibility index (Phi) is 2.52. The molecule has 0 aliphatic carbocycles. The van der Waals surface area contributed by atoms with Crippen LogP contribution in [-0.4, -0.2) is 26.8 Å². The number of aromatic amines is 1. The summed E-state index contributed by atoms with van der Waals surface area (Å²) in [4.78, 5) is 9.73. The van der Waals surface area contributed by atoms with E-state index >= 15 is 0 Å². The molecule has 0 amide bonds. The summed E-state index contributed by atoms with van der Waals surface area (Å²) in [5.74, 6) is 0.791. The van der Waals surface area contributed by atoms with Gasteiger partial charge in [0.25, 0.3) is 0 Å². The summed E-state index contributed by atoms with van der Waals surface area (Å²) >= 11 is 4.79. The van der Waals surface area contributed by atoms with Gasteiger partial charge in [0.2, 0.25) is 5.95 Å². The molecule has 0 saturated heterocycles. The molecule has 0 radical (unpaired) electrons. The first-order chi connectivity index (χ1) is 8.72. The number of aromatic nitrogens is 2. The fraction of sp³-hybridized carbons (Fsp3) is 0.0909. The Balaban J connectivity index is 1.80. The van der Waals surface area contributed by atoms with Crippen molar-refractivity contribution >= 4 is 34.3 Å². The first-order valence-corrected chi connectivity index (χ1v) is 5.86. The number of rotatable bonds is 2. The van der Waals surface area contributed by atoms with Crippen LogP contribution in [0.25, 0.3) is 11.0 Å². The van der Waals surface area contributed by atoms with E-state index < -0.39 is 0 Å². The van der Waals surface area contributed by atoms with Crippen molar-refractivity contribution in [3.05, 3.63) is 36.7 Å². The minimum absolute atomic E-state index is 0.242. The van der Waals surface area contributed by atoms with Gasteiger partial charge in [0.1, 0.15) is 6.67 Å². The fourth-order valence-electron chi connectivity index (χ4n) is 1.85. The molecule has 0 bridgehead atoms. The Morgan fingerprint density at radius 2 is 2.22 bits per heavy atom. The number of hydrogen-bond acceptors (Lipinski definition) is 4. The van der Waals surface area contributed by atoms with E-state index in [4.69, 9.17) is 18.0 Å². The number of hydrogen-bond donors (Lipinski definition) is 3. The molecular formula is C11H12N6S. The Hall–Kier alpha value is -2.28. The minimum atomic E-state index is 0.242. The number of thiocarbonyl (C=S) groups is 1. The Morgan fingerprint density at radius 3 is 3.00 bits per heavy atom. The van der Waals surface area contributed by atoms with E-state index in [2.05, 4.69) is 15.4 Å². The second kappa shape index (κ2) is 4.19. The highest BCUT2D eigenvalue weighted by atomic mass is 32.1. The van der Waals surface area contributed by atoms with Crippen LogP contribution in [0.5, 0.6) is 0 Å². The molecule has 1 aromatic heterocycles. The summed E-state index contributed by atoms with van der Waals surface area (Å²) in [5, 5.41) is 2.03. The van der Waals surface area contributed by atoms with Crippen LogP contribution in [0.15, 0.2) is 36.7 Å². The summed E-state index contributed by atoms with van der Waals surface area (Å²) < 4.78 is 0. The maximum atomic E-state index is 5.42. The van der Waals surface area contributed by atoms with Crippen LogP contribution in [-0.2, 0) is 0 Å². The number of nitrogens with one attached hydrogen (secondary N) is 2. The summed E-state index contributed by atoms with van der Waals surface area (Å²) in [7, 11) is 0. The molecule has 6 nitrogen and oxygen atoms in total. The van der Waals surface area contributed by atoms with Crippen molar-refractivity contribution in [2.75, 3.05) is 11.6 Å². The van der Waals surface area contributed by atoms with Crippen LogP contribution in [0.4, 0.5) is 5.95 Å². The molecule has 1 aliphatic heterocycles. The number of benzene rings is 1. The molecule has 18 heavy (non-hydrogen) atoms. The number of fused-ring (bicyclic) bond motifs is 1. The molecule has 2 aromatic rings. The third-order valence-electron chi connectivity index (χ3n) is 2.63. The lowest BCUT2D eigenvalue weighted by Gasteiger charge is -2.19. The summed E-state index contributed by atoms with van der Waals surface area (Å²) in [6.45, 7) is 0.594. The average molecular weight is 260 g/mol. The number of imidazole rings is 1. The zero-order valence-electron chi connectivity index (χ0n) is 9.50. The second-order valence-corrected chi connectivity index (χ2v) is 4.37. The molecule has 2 heterocycles. The minimum Gasteiger partial charge on any atom is -0.375 e. The number of para-hydroxylation sites is 2. The highest BCUT2D eigenvalue weighted by Crippen LogP contribution is 2.19. The van der Waals surface area contributed by atoms with Crippen LogP contribution in [0.2, 0.25) is 0 Å². The fourth-order valence-corrected chi connectivity index (χ4v) is 1.96. The van der Waals surface area contributed by atoms with E-state index in [1.54, 1.807) is 5.01 Å². The predicted molar refractivity (Wildman–Crippen MR) is 74.3 cm³/mol. The van der Waals surface area contributed by atoms with Gasteiger partial charge in [-0.15, -0.1) is 0 Å². The molecule has 1 aliphatic rings. The summed E-state index contributed by atoms with van der Waals surface area (Å²) in [6, 6.07) is 7.91. The molecule has 92 valence electrons. The smallest absolute Gasteiger partial charge is 0.209 e. The lowest BCUT2D eigenvalue weighted by Crippen LogP contribution is -2.43.